The van der Waals surface area contributed by atoms with Gasteiger partial charge in [0.1, 0.15) is 11.5 Å². The number of benzene rings is 4. The fourth-order valence-electron chi connectivity index (χ4n) is 6.93. The fraction of sp³-hybridized carbons (Fsp3) is 0.271. The Kier molecular flexibility index (Phi) is 7.21. The van der Waals surface area contributed by atoms with E-state index in [1.807, 2.05) is 43.5 Å². The second kappa shape index (κ2) is 13.8. The van der Waals surface area contributed by atoms with E-state index in [4.69, 9.17) is 12.3 Å². The number of alkyl halides is 2. The van der Waals surface area contributed by atoms with Crippen molar-refractivity contribution in [3.63, 3.8) is 0 Å². The van der Waals surface area contributed by atoms with Gasteiger partial charge in [-0.25, -0.2) is 13.8 Å². The number of fused-ring (bicyclic) bond motifs is 4. The van der Waals surface area contributed by atoms with Crippen molar-refractivity contribution in [2.45, 2.75) is 84.3 Å². The summed E-state index contributed by atoms with van der Waals surface area (Å²) >= 11 is 0. The Morgan fingerprint density at radius 1 is 0.679 bits per heavy atom. The molecule has 4 heterocycles. The number of halogens is 2. The van der Waals surface area contributed by atoms with E-state index in [2.05, 4.69) is 48.9 Å². The zero-order chi connectivity index (χ0) is 46.6. The molecule has 0 atom stereocenters. The number of aromatic nitrogens is 3. The quantitative estimate of drug-likeness (QED) is 0.127. The minimum Gasteiger partial charge on any atom is -0.319 e. The van der Waals surface area contributed by atoms with Crippen LogP contribution in [-0.4, -0.2) is 20.5 Å². The molecule has 56 heavy (non-hydrogen) atoms. The summed E-state index contributed by atoms with van der Waals surface area (Å²) in [6.45, 7) is 1.77. The molecule has 8 rings (SSSR count). The number of pyridine rings is 2. The fourth-order valence-corrected chi connectivity index (χ4v) is 6.93. The van der Waals surface area contributed by atoms with E-state index < -0.39 is 48.4 Å². The average molecular weight is 934 g/mol. The van der Waals surface area contributed by atoms with Crippen LogP contribution in [0.2, 0.25) is 0 Å². The average Bonchev–Trinajstić information content (AvgIpc) is 3.75. The number of rotatable bonds is 5. The number of para-hydroxylation sites is 2. The predicted octanol–water partition coefficient (Wildman–Crippen LogP) is 12.1. The van der Waals surface area contributed by atoms with Crippen molar-refractivity contribution in [2.75, 3.05) is 0 Å². The molecule has 4 aromatic carbocycles. The molecule has 0 spiro atoms. The third kappa shape index (κ3) is 6.86. The summed E-state index contributed by atoms with van der Waals surface area (Å²) in [6, 6.07) is 33.7. The topological polar surface area (TPSA) is 36.7 Å². The summed E-state index contributed by atoms with van der Waals surface area (Å²) in [5.74, 6) is -3.05. The SMILES string of the molecule is [2H]C([2H])([2H])C(c1ccc([N+]2=C=[N+](c3[c-]c(C(F)(F)c4[c-]c5c(cc4)c4cnccc4n5-c4cc(C(C)(C)C)ccn4)cc(C(C)(C)C)c3)c3ccccc32)cc1)(C([2H])([2H])[2H])C([2H])([2H])[2H].[Pt+2]. The van der Waals surface area contributed by atoms with E-state index in [-0.39, 0.29) is 37.7 Å². The number of hydrogen-bond donors (Lipinski definition) is 0. The van der Waals surface area contributed by atoms with E-state index in [9.17, 15) is 0 Å². The van der Waals surface area contributed by atoms with Crippen LogP contribution in [0, 0.1) is 12.1 Å². The molecule has 0 amide bonds. The maximum absolute atomic E-state index is 17.4. The van der Waals surface area contributed by atoms with Crippen molar-refractivity contribution < 1.29 is 42.2 Å². The van der Waals surface area contributed by atoms with Crippen molar-refractivity contribution in [1.29, 1.82) is 0 Å². The van der Waals surface area contributed by atoms with Gasteiger partial charge in [0, 0.05) is 60.7 Å². The normalized spacial score (nSPS) is 16.5. The molecule has 0 unspecified atom stereocenters. The first-order valence-electron chi connectivity index (χ1n) is 22.5. The first-order chi connectivity index (χ1) is 29.7. The molecule has 0 radical (unpaired) electrons. The molecule has 0 aliphatic carbocycles. The minimum atomic E-state index is -3.61. The van der Waals surface area contributed by atoms with Gasteiger partial charge in [0.2, 0.25) is 5.69 Å². The zero-order valence-electron chi connectivity index (χ0n) is 40.7. The summed E-state index contributed by atoms with van der Waals surface area (Å²) in [5, 5.41) is 1.45. The van der Waals surface area contributed by atoms with Crippen LogP contribution in [0.1, 0.15) is 102 Å². The molecule has 7 aromatic rings. The molecule has 8 heteroatoms. The Balaban J connectivity index is 0.00000630. The Morgan fingerprint density at radius 2 is 1.38 bits per heavy atom. The van der Waals surface area contributed by atoms with Crippen molar-refractivity contribution in [3.8, 4) is 5.82 Å². The minimum absolute atomic E-state index is 0. The first kappa shape index (κ1) is 29.2. The van der Waals surface area contributed by atoms with Crippen LogP contribution < -0.4 is 9.15 Å². The molecule has 284 valence electrons. The summed E-state index contributed by atoms with van der Waals surface area (Å²) in [5.41, 5.74) is -0.628. The Bertz CT molecular complexity index is 3020. The molecular formula is C48H45F2N5Pt+2. The standard InChI is InChI=1S/C48H45F2N5.Pt/c1-45(2,3)31-14-17-36(18-15-31)53-30-54(42-13-11-10-12-41(42)53)37-25-34(47(7,8)9)24-35(26-37)48(49,50)33-16-19-38-39-29-51-22-21-40(39)55(43(38)27-33)44-28-32(20-23-52-44)46(4,5)6;/h10-25,28-29H,1-9H3;/q;+2/i1D3,2D3,3D3;. The van der Waals surface area contributed by atoms with Gasteiger partial charge in [0.15, 0.2) is 0 Å². The largest absolute Gasteiger partial charge is 2.00 e. The van der Waals surface area contributed by atoms with Crippen LogP contribution in [-0.2, 0) is 43.2 Å². The van der Waals surface area contributed by atoms with Gasteiger partial charge in [-0.1, -0.05) is 120 Å². The van der Waals surface area contributed by atoms with Gasteiger partial charge in [0.05, 0.1) is 0 Å². The zero-order valence-corrected chi connectivity index (χ0v) is 34.0. The molecular weight excluding hydrogens is 880 g/mol. The molecule has 3 aromatic heterocycles. The Morgan fingerprint density at radius 3 is 2.05 bits per heavy atom. The smallest absolute Gasteiger partial charge is 0.319 e. The van der Waals surface area contributed by atoms with Crippen molar-refractivity contribution >= 4 is 50.6 Å². The molecule has 0 saturated carbocycles. The Labute approximate surface area is 355 Å². The van der Waals surface area contributed by atoms with E-state index in [1.165, 1.54) is 36.4 Å². The van der Waals surface area contributed by atoms with Crippen LogP contribution in [0.4, 0.5) is 31.5 Å². The molecule has 5 nitrogen and oxygen atoms in total. The summed E-state index contributed by atoms with van der Waals surface area (Å²) in [6.07, 6.45) is 5.08. The van der Waals surface area contributed by atoms with Crippen molar-refractivity contribution in [1.82, 2.24) is 23.7 Å². The van der Waals surface area contributed by atoms with Crippen molar-refractivity contribution in [2.24, 2.45) is 0 Å². The second-order valence-electron chi connectivity index (χ2n) is 16.1. The summed E-state index contributed by atoms with van der Waals surface area (Å²) in [4.78, 5) is 9.00. The van der Waals surface area contributed by atoms with Gasteiger partial charge >= 0.3 is 27.1 Å². The maximum Gasteiger partial charge on any atom is 2.00 e. The van der Waals surface area contributed by atoms with Crippen molar-refractivity contribution in [3.05, 3.63) is 150 Å². The third-order valence-electron chi connectivity index (χ3n) is 10.1. The van der Waals surface area contributed by atoms with E-state index in [1.54, 1.807) is 64.1 Å². The maximum atomic E-state index is 17.4. The van der Waals surface area contributed by atoms with Gasteiger partial charge in [-0.2, -0.15) is 18.2 Å². The van der Waals surface area contributed by atoms with Crippen LogP contribution in [0.25, 0.3) is 27.6 Å². The second-order valence-corrected chi connectivity index (χ2v) is 16.1. The summed E-state index contributed by atoms with van der Waals surface area (Å²) in [7, 11) is 0. The van der Waals surface area contributed by atoms with Gasteiger partial charge in [-0.3, -0.25) is 4.98 Å². The number of nitrogens with zero attached hydrogens (tertiary/aromatic N) is 5. The van der Waals surface area contributed by atoms with Gasteiger partial charge in [-0.05, 0) is 55.5 Å². The molecule has 0 N–H and O–H groups in total. The van der Waals surface area contributed by atoms with Gasteiger partial charge in [-0.15, -0.1) is 17.0 Å². The summed E-state index contributed by atoms with van der Waals surface area (Å²) < 4.78 is 113. The van der Waals surface area contributed by atoms with Crippen LogP contribution in [0.3, 0.4) is 0 Å². The Hall–Kier alpha value is -5.09. The third-order valence-corrected chi connectivity index (χ3v) is 10.1. The van der Waals surface area contributed by atoms with Crippen LogP contribution in [0.5, 0.6) is 0 Å². The monoisotopic (exact) mass is 933 g/mol. The van der Waals surface area contributed by atoms with Gasteiger partial charge < -0.3 is 4.57 Å². The molecule has 0 saturated heterocycles. The van der Waals surface area contributed by atoms with Gasteiger partial charge in [0.25, 0.3) is 17.3 Å². The first-order valence-corrected chi connectivity index (χ1v) is 18.0. The molecule has 0 fully saturated rings. The molecule has 0 bridgehead atoms. The van der Waals surface area contributed by atoms with E-state index in [0.29, 0.717) is 39.3 Å². The van der Waals surface area contributed by atoms with Crippen LogP contribution >= 0.6 is 0 Å². The van der Waals surface area contributed by atoms with E-state index in [0.717, 1.165) is 16.5 Å². The molecule has 1 aliphatic heterocycles. The molecule has 1 aliphatic rings. The predicted molar refractivity (Wildman–Crippen MR) is 220 cm³/mol. The number of hydrogen-bond acceptors (Lipinski definition) is 2. The van der Waals surface area contributed by atoms with Crippen LogP contribution in [0.15, 0.2) is 110 Å². The van der Waals surface area contributed by atoms with E-state index >= 15 is 8.78 Å².